The molecule has 6 heteroatoms. The van der Waals surface area contributed by atoms with Gasteiger partial charge in [0.15, 0.2) is 5.78 Å². The Labute approximate surface area is 162 Å². The molecule has 1 aromatic rings. The molecule has 0 aliphatic rings. The van der Waals surface area contributed by atoms with Gasteiger partial charge in [0.1, 0.15) is 5.69 Å². The number of esters is 1. The van der Waals surface area contributed by atoms with E-state index in [4.69, 9.17) is 4.74 Å². The van der Waals surface area contributed by atoms with Crippen molar-refractivity contribution >= 4 is 17.7 Å². The van der Waals surface area contributed by atoms with Gasteiger partial charge in [-0.1, -0.05) is 19.9 Å². The topological polar surface area (TPSA) is 68.6 Å². The average Bonchev–Trinajstić information content (AvgIpc) is 2.87. The number of ether oxygens (including phenoxy) is 1. The lowest BCUT2D eigenvalue weighted by Crippen LogP contribution is -2.45. The number of ketones is 1. The highest BCUT2D eigenvalue weighted by Gasteiger charge is 2.33. The molecule has 27 heavy (non-hydrogen) atoms. The number of rotatable bonds is 9. The lowest BCUT2D eigenvalue weighted by Gasteiger charge is -2.29. The zero-order valence-electron chi connectivity index (χ0n) is 17.6. The fraction of sp³-hybridized carbons (Fsp3) is 0.571. The summed E-state index contributed by atoms with van der Waals surface area (Å²) in [6, 6.07) is -0.655. The smallest absolute Gasteiger partial charge is 0.355 e. The summed E-state index contributed by atoms with van der Waals surface area (Å²) in [6.07, 6.45) is 1.62. The first-order valence-corrected chi connectivity index (χ1v) is 9.46. The van der Waals surface area contributed by atoms with Gasteiger partial charge in [0, 0.05) is 30.3 Å². The van der Waals surface area contributed by atoms with E-state index >= 15 is 0 Å². The summed E-state index contributed by atoms with van der Waals surface area (Å²) in [7, 11) is 0. The molecule has 1 atom stereocenters. The molecule has 0 aromatic carbocycles. The maximum absolute atomic E-state index is 13.3. The first-order chi connectivity index (χ1) is 12.6. The SMILES string of the molecule is C=CCN(C(=O)C(C)C)C(C)C(=O)c1c(C)c(C(=O)OCC)n(CC)c1C. The van der Waals surface area contributed by atoms with Crippen LogP contribution in [0.3, 0.4) is 0 Å². The molecule has 0 saturated carbocycles. The molecule has 1 amide bonds. The summed E-state index contributed by atoms with van der Waals surface area (Å²) >= 11 is 0. The van der Waals surface area contributed by atoms with E-state index in [0.29, 0.717) is 35.6 Å². The number of hydrogen-bond donors (Lipinski definition) is 0. The summed E-state index contributed by atoms with van der Waals surface area (Å²) in [5.41, 5.74) is 2.20. The molecule has 0 radical (unpaired) electrons. The van der Waals surface area contributed by atoms with Crippen molar-refractivity contribution in [1.29, 1.82) is 0 Å². The first-order valence-electron chi connectivity index (χ1n) is 9.46. The van der Waals surface area contributed by atoms with Gasteiger partial charge in [-0.15, -0.1) is 6.58 Å². The Morgan fingerprint density at radius 3 is 2.22 bits per heavy atom. The highest BCUT2D eigenvalue weighted by Crippen LogP contribution is 2.26. The summed E-state index contributed by atoms with van der Waals surface area (Å²) in [5.74, 6) is -0.948. The Hall–Kier alpha value is -2.37. The molecule has 0 fully saturated rings. The second-order valence-electron chi connectivity index (χ2n) is 6.87. The lowest BCUT2D eigenvalue weighted by molar-refractivity contribution is -0.135. The Morgan fingerprint density at radius 2 is 1.78 bits per heavy atom. The quantitative estimate of drug-likeness (QED) is 0.375. The molecule has 0 spiro atoms. The number of aromatic nitrogens is 1. The van der Waals surface area contributed by atoms with Crippen LogP contribution in [0.5, 0.6) is 0 Å². The largest absolute Gasteiger partial charge is 0.461 e. The van der Waals surface area contributed by atoms with Gasteiger partial charge in [0.2, 0.25) is 5.91 Å². The van der Waals surface area contributed by atoms with Gasteiger partial charge in [-0.2, -0.15) is 0 Å². The van der Waals surface area contributed by atoms with Crippen LogP contribution >= 0.6 is 0 Å². The highest BCUT2D eigenvalue weighted by atomic mass is 16.5. The Bertz CT molecular complexity index is 731. The predicted octanol–water partition coefficient (Wildman–Crippen LogP) is 3.54. The summed E-state index contributed by atoms with van der Waals surface area (Å²) in [4.78, 5) is 39.8. The van der Waals surface area contributed by atoms with Crippen molar-refractivity contribution in [2.75, 3.05) is 13.2 Å². The maximum atomic E-state index is 13.3. The molecule has 1 aromatic heterocycles. The number of hydrogen-bond acceptors (Lipinski definition) is 4. The number of amides is 1. The van der Waals surface area contributed by atoms with Crippen LogP contribution in [0.25, 0.3) is 0 Å². The van der Waals surface area contributed by atoms with Gasteiger partial charge in [0.25, 0.3) is 0 Å². The van der Waals surface area contributed by atoms with Crippen LogP contribution in [0.1, 0.15) is 66.7 Å². The minimum absolute atomic E-state index is 0.105. The summed E-state index contributed by atoms with van der Waals surface area (Å²) in [6.45, 7) is 17.4. The van der Waals surface area contributed by atoms with Gasteiger partial charge in [-0.25, -0.2) is 4.79 Å². The molecule has 0 bridgehead atoms. The average molecular weight is 376 g/mol. The second-order valence-corrected chi connectivity index (χ2v) is 6.87. The molecule has 0 saturated heterocycles. The standard InChI is InChI=1S/C21H32N2O4/c1-9-12-23(20(25)13(4)5)16(8)19(24)17-14(6)18(21(26)27-11-3)22(10-2)15(17)7/h9,13,16H,1,10-12H2,2-8H3. The van der Waals surface area contributed by atoms with Crippen molar-refractivity contribution in [2.24, 2.45) is 5.92 Å². The lowest BCUT2D eigenvalue weighted by atomic mass is 9.99. The molecule has 0 N–H and O–H groups in total. The third kappa shape index (κ3) is 4.49. The van der Waals surface area contributed by atoms with Gasteiger partial charge >= 0.3 is 5.97 Å². The molecule has 6 nitrogen and oxygen atoms in total. The van der Waals surface area contributed by atoms with Crippen LogP contribution in [-0.2, 0) is 16.1 Å². The first kappa shape index (κ1) is 22.7. The van der Waals surface area contributed by atoms with E-state index in [1.165, 1.54) is 4.90 Å². The molecule has 1 rings (SSSR count). The Balaban J connectivity index is 3.43. The van der Waals surface area contributed by atoms with E-state index in [1.54, 1.807) is 45.3 Å². The molecule has 0 aliphatic heterocycles. The third-order valence-electron chi connectivity index (χ3n) is 4.75. The van der Waals surface area contributed by atoms with Crippen LogP contribution in [0.2, 0.25) is 0 Å². The molecular weight excluding hydrogens is 344 g/mol. The second kappa shape index (κ2) is 9.53. The van der Waals surface area contributed by atoms with Crippen LogP contribution in [0.4, 0.5) is 0 Å². The maximum Gasteiger partial charge on any atom is 0.355 e. The summed E-state index contributed by atoms with van der Waals surface area (Å²) < 4.78 is 6.97. The fourth-order valence-corrected chi connectivity index (χ4v) is 3.38. The van der Waals surface area contributed by atoms with E-state index in [0.717, 1.165) is 0 Å². The molecule has 150 valence electrons. The van der Waals surface area contributed by atoms with Crippen molar-refractivity contribution in [3.63, 3.8) is 0 Å². The van der Waals surface area contributed by atoms with Crippen LogP contribution < -0.4 is 0 Å². The zero-order chi connectivity index (χ0) is 20.9. The normalized spacial score (nSPS) is 12.0. The van der Waals surface area contributed by atoms with Crippen LogP contribution in [0.15, 0.2) is 12.7 Å². The minimum Gasteiger partial charge on any atom is -0.461 e. The van der Waals surface area contributed by atoms with Crippen LogP contribution in [-0.4, -0.2) is 46.3 Å². The van der Waals surface area contributed by atoms with Crippen molar-refractivity contribution in [3.05, 3.63) is 35.2 Å². The minimum atomic E-state index is -0.655. The van der Waals surface area contributed by atoms with Crippen molar-refractivity contribution in [2.45, 2.75) is 61.1 Å². The molecule has 1 heterocycles. The number of Topliss-reactive ketones (excluding diaryl/α,β-unsaturated/α-hetero) is 1. The van der Waals surface area contributed by atoms with E-state index in [2.05, 4.69) is 6.58 Å². The third-order valence-corrected chi connectivity index (χ3v) is 4.75. The van der Waals surface area contributed by atoms with Gasteiger partial charge < -0.3 is 14.2 Å². The monoisotopic (exact) mass is 376 g/mol. The van der Waals surface area contributed by atoms with Crippen LogP contribution in [0, 0.1) is 19.8 Å². The van der Waals surface area contributed by atoms with Gasteiger partial charge in [-0.3, -0.25) is 9.59 Å². The number of carbonyl (C=O) groups excluding carboxylic acids is 3. The summed E-state index contributed by atoms with van der Waals surface area (Å²) in [5, 5.41) is 0. The van der Waals surface area contributed by atoms with Crippen molar-refractivity contribution in [1.82, 2.24) is 9.47 Å². The van der Waals surface area contributed by atoms with Crippen molar-refractivity contribution < 1.29 is 19.1 Å². The Kier molecular flexibility index (Phi) is 8.00. The fourth-order valence-electron chi connectivity index (χ4n) is 3.38. The van der Waals surface area contributed by atoms with Crippen molar-refractivity contribution in [3.8, 4) is 0 Å². The molecule has 1 unspecified atom stereocenters. The number of carbonyl (C=O) groups is 3. The van der Waals surface area contributed by atoms with E-state index in [9.17, 15) is 14.4 Å². The molecule has 0 aliphatic carbocycles. The van der Waals surface area contributed by atoms with E-state index in [1.807, 2.05) is 13.8 Å². The number of nitrogens with zero attached hydrogens (tertiary/aromatic N) is 2. The van der Waals surface area contributed by atoms with E-state index < -0.39 is 12.0 Å². The van der Waals surface area contributed by atoms with Gasteiger partial charge in [-0.05, 0) is 40.2 Å². The zero-order valence-corrected chi connectivity index (χ0v) is 17.6. The Morgan fingerprint density at radius 1 is 1.19 bits per heavy atom. The van der Waals surface area contributed by atoms with E-state index in [-0.39, 0.29) is 24.2 Å². The van der Waals surface area contributed by atoms with Gasteiger partial charge in [0.05, 0.1) is 12.6 Å². The molecular formula is C21H32N2O4. The predicted molar refractivity (Wildman–Crippen MR) is 106 cm³/mol. The highest BCUT2D eigenvalue weighted by molar-refractivity contribution is 6.06.